The predicted molar refractivity (Wildman–Crippen MR) is 134 cm³/mol. The summed E-state index contributed by atoms with van der Waals surface area (Å²) in [6.45, 7) is 2.11. The number of urea groups is 1. The van der Waals surface area contributed by atoms with Gasteiger partial charge in [-0.3, -0.25) is 0 Å². The third kappa shape index (κ3) is 6.54. The molecule has 1 N–H and O–H groups in total. The second-order valence-electron chi connectivity index (χ2n) is 10.8. The Balaban J connectivity index is 1.62. The second kappa shape index (κ2) is 11.2. The van der Waals surface area contributed by atoms with Gasteiger partial charge in [-0.1, -0.05) is 6.07 Å². The number of alkyl halides is 6. The molecule has 2 amide bonds. The van der Waals surface area contributed by atoms with E-state index in [0.717, 1.165) is 23.3 Å². The predicted octanol–water partition coefficient (Wildman–Crippen LogP) is 6.70. The number of rotatable bonds is 5. The maximum Gasteiger partial charge on any atom is 0.416 e. The first-order valence-corrected chi connectivity index (χ1v) is 12.9. The van der Waals surface area contributed by atoms with Crippen LogP contribution in [0.25, 0.3) is 0 Å². The number of carbonyl (C=O) groups is 1. The van der Waals surface area contributed by atoms with Gasteiger partial charge in [-0.05, 0) is 79.6 Å². The van der Waals surface area contributed by atoms with Crippen molar-refractivity contribution in [3.05, 3.63) is 70.0 Å². The number of carbonyl (C=O) groups excluding carboxylic acids is 1. The van der Waals surface area contributed by atoms with E-state index in [0.29, 0.717) is 43.7 Å². The Morgan fingerprint density at radius 2 is 1.73 bits per heavy atom. The molecule has 5 nitrogen and oxygen atoms in total. The van der Waals surface area contributed by atoms with Gasteiger partial charge in [0.2, 0.25) is 0 Å². The number of piperidine rings is 1. The van der Waals surface area contributed by atoms with Gasteiger partial charge in [0.25, 0.3) is 0 Å². The molecule has 40 heavy (non-hydrogen) atoms. The van der Waals surface area contributed by atoms with E-state index in [-0.39, 0.29) is 23.2 Å². The quantitative estimate of drug-likeness (QED) is 0.404. The van der Waals surface area contributed by atoms with E-state index < -0.39 is 47.9 Å². The Morgan fingerprint density at radius 1 is 1.07 bits per heavy atom. The molecule has 1 spiro atoms. The van der Waals surface area contributed by atoms with Gasteiger partial charge < -0.3 is 19.9 Å². The number of hydrogen-bond donors (Lipinski definition) is 1. The first-order chi connectivity index (χ1) is 18.6. The van der Waals surface area contributed by atoms with Crippen LogP contribution in [-0.2, 0) is 23.6 Å². The SMILES string of the molecule is COC[C@@H]1CC[C@@]2(CCN(C(=O)N(C)Cc3cc(C(F)(F)F)cc(C(F)(F)F)c3)[C@@H](c3ccc(F)cc3C)C2)N1. The topological polar surface area (TPSA) is 44.8 Å². The minimum atomic E-state index is -4.99. The summed E-state index contributed by atoms with van der Waals surface area (Å²) >= 11 is 0. The van der Waals surface area contributed by atoms with Crippen molar-refractivity contribution in [1.82, 2.24) is 15.1 Å². The highest BCUT2D eigenvalue weighted by molar-refractivity contribution is 5.75. The summed E-state index contributed by atoms with van der Waals surface area (Å²) in [5.41, 5.74) is -2.07. The van der Waals surface area contributed by atoms with Gasteiger partial charge in [0.15, 0.2) is 0 Å². The molecule has 2 aliphatic rings. The normalized spacial score (nSPS) is 23.6. The van der Waals surface area contributed by atoms with E-state index in [1.54, 1.807) is 25.0 Å². The van der Waals surface area contributed by atoms with E-state index in [2.05, 4.69) is 5.32 Å². The number of amides is 2. The van der Waals surface area contributed by atoms with Crippen molar-refractivity contribution >= 4 is 6.03 Å². The molecule has 220 valence electrons. The molecule has 0 aliphatic carbocycles. The van der Waals surface area contributed by atoms with Crippen LogP contribution in [0.15, 0.2) is 36.4 Å². The number of likely N-dealkylation sites (tertiary alicyclic amines) is 1. The fourth-order valence-corrected chi connectivity index (χ4v) is 5.98. The van der Waals surface area contributed by atoms with E-state index in [4.69, 9.17) is 4.74 Å². The molecule has 0 bridgehead atoms. The molecular weight excluding hydrogens is 543 g/mol. The average molecular weight is 576 g/mol. The smallest absolute Gasteiger partial charge is 0.383 e. The van der Waals surface area contributed by atoms with E-state index >= 15 is 0 Å². The van der Waals surface area contributed by atoms with Crippen LogP contribution in [0.3, 0.4) is 0 Å². The molecule has 0 radical (unpaired) electrons. The van der Waals surface area contributed by atoms with Crippen LogP contribution in [0.2, 0.25) is 0 Å². The van der Waals surface area contributed by atoms with Crippen molar-refractivity contribution in [2.24, 2.45) is 0 Å². The van der Waals surface area contributed by atoms with Gasteiger partial charge in [-0.15, -0.1) is 0 Å². The summed E-state index contributed by atoms with van der Waals surface area (Å²) in [6.07, 6.45) is -7.12. The van der Waals surface area contributed by atoms with Crippen LogP contribution in [0.5, 0.6) is 0 Å². The van der Waals surface area contributed by atoms with Crippen LogP contribution < -0.4 is 5.32 Å². The van der Waals surface area contributed by atoms with Gasteiger partial charge in [-0.25, -0.2) is 9.18 Å². The Morgan fingerprint density at radius 3 is 2.30 bits per heavy atom. The van der Waals surface area contributed by atoms with Crippen molar-refractivity contribution < 1.29 is 40.3 Å². The lowest BCUT2D eigenvalue weighted by Crippen LogP contribution is -2.56. The van der Waals surface area contributed by atoms with Crippen LogP contribution in [0, 0.1) is 12.7 Å². The maximum atomic E-state index is 13.9. The average Bonchev–Trinajstić information content (AvgIpc) is 3.24. The number of methoxy groups -OCH3 is 1. The molecule has 2 heterocycles. The summed E-state index contributed by atoms with van der Waals surface area (Å²) in [7, 11) is 2.97. The van der Waals surface area contributed by atoms with Crippen LogP contribution >= 0.6 is 0 Å². The van der Waals surface area contributed by atoms with E-state index in [1.807, 2.05) is 0 Å². The van der Waals surface area contributed by atoms with E-state index in [1.165, 1.54) is 19.2 Å². The largest absolute Gasteiger partial charge is 0.416 e. The van der Waals surface area contributed by atoms with Gasteiger partial charge in [0.1, 0.15) is 5.82 Å². The molecule has 3 atom stereocenters. The van der Waals surface area contributed by atoms with Crippen molar-refractivity contribution in [2.75, 3.05) is 27.3 Å². The molecule has 0 unspecified atom stereocenters. The third-order valence-corrected chi connectivity index (χ3v) is 7.87. The lowest BCUT2D eigenvalue weighted by molar-refractivity contribution is -0.143. The Kier molecular flexibility index (Phi) is 8.43. The highest BCUT2D eigenvalue weighted by atomic mass is 19.4. The molecule has 2 aromatic rings. The number of halogens is 7. The summed E-state index contributed by atoms with van der Waals surface area (Å²) < 4.78 is 99.3. The Bertz CT molecular complexity index is 1200. The highest BCUT2D eigenvalue weighted by Crippen LogP contribution is 2.44. The number of aryl methyl sites for hydroxylation is 1. The van der Waals surface area contributed by atoms with Gasteiger partial charge in [0.05, 0.1) is 23.8 Å². The van der Waals surface area contributed by atoms with Crippen molar-refractivity contribution in [1.29, 1.82) is 0 Å². The first-order valence-electron chi connectivity index (χ1n) is 12.9. The lowest BCUT2D eigenvalue weighted by atomic mass is 9.79. The molecule has 0 saturated carbocycles. The fraction of sp³-hybridized carbons (Fsp3) is 0.536. The number of ether oxygens (including phenoxy) is 1. The van der Waals surface area contributed by atoms with Gasteiger partial charge >= 0.3 is 18.4 Å². The van der Waals surface area contributed by atoms with Gasteiger partial charge in [0, 0.05) is 38.8 Å². The standard InChI is InChI=1S/C28H32F7N3O2/c1-17-10-21(29)4-5-23(17)24-14-26(7-6-22(36-26)16-40-3)8-9-38(24)25(39)37(2)15-18-11-19(27(30,31)32)13-20(12-18)28(33,34)35/h4-5,10-13,22,24,36H,6-9,14-16H2,1-3H3/t22-,24+,26-/m0/s1. The minimum Gasteiger partial charge on any atom is -0.383 e. The summed E-state index contributed by atoms with van der Waals surface area (Å²) in [5.74, 6) is -0.425. The van der Waals surface area contributed by atoms with Crippen molar-refractivity contribution in [2.45, 2.75) is 69.1 Å². The maximum absolute atomic E-state index is 13.9. The van der Waals surface area contributed by atoms with Crippen LogP contribution in [-0.4, -0.2) is 54.7 Å². The number of hydrogen-bond acceptors (Lipinski definition) is 3. The lowest BCUT2D eigenvalue weighted by Gasteiger charge is -2.47. The fourth-order valence-electron chi connectivity index (χ4n) is 5.98. The Labute approximate surface area is 228 Å². The van der Waals surface area contributed by atoms with Crippen LogP contribution in [0.4, 0.5) is 35.5 Å². The van der Waals surface area contributed by atoms with Crippen molar-refractivity contribution in [3.63, 3.8) is 0 Å². The molecule has 2 saturated heterocycles. The minimum absolute atomic E-state index is 0.0637. The third-order valence-electron chi connectivity index (χ3n) is 7.87. The summed E-state index contributed by atoms with van der Waals surface area (Å²) in [6, 6.07) is 4.76. The molecule has 2 aromatic carbocycles. The first kappa shape index (κ1) is 30.1. The van der Waals surface area contributed by atoms with Gasteiger partial charge in [-0.2, -0.15) is 26.3 Å². The van der Waals surface area contributed by atoms with E-state index in [9.17, 15) is 35.5 Å². The zero-order chi connectivity index (χ0) is 29.5. The number of benzene rings is 2. The molecule has 12 heteroatoms. The zero-order valence-electron chi connectivity index (χ0n) is 22.4. The Hall–Kier alpha value is -2.86. The number of nitrogens with zero attached hydrogens (tertiary/aromatic N) is 2. The molecule has 4 rings (SSSR count). The highest BCUT2D eigenvalue weighted by Gasteiger charge is 2.47. The summed E-state index contributed by atoms with van der Waals surface area (Å²) in [5, 5.41) is 3.64. The molecular formula is C28H32F7N3O2. The number of nitrogens with one attached hydrogen (secondary N) is 1. The summed E-state index contributed by atoms with van der Waals surface area (Å²) in [4.78, 5) is 16.4. The van der Waals surface area contributed by atoms with Crippen molar-refractivity contribution in [3.8, 4) is 0 Å². The monoisotopic (exact) mass is 575 g/mol. The molecule has 2 aliphatic heterocycles. The molecule has 2 fully saturated rings. The zero-order valence-corrected chi connectivity index (χ0v) is 22.4. The molecule has 0 aromatic heterocycles. The second-order valence-corrected chi connectivity index (χ2v) is 10.8. The van der Waals surface area contributed by atoms with Crippen LogP contribution in [0.1, 0.15) is 59.5 Å².